The number of rotatable bonds is 3. The van der Waals surface area contributed by atoms with Crippen molar-refractivity contribution in [2.75, 3.05) is 13.1 Å². The summed E-state index contributed by atoms with van der Waals surface area (Å²) in [7, 11) is 0. The fourth-order valence-corrected chi connectivity index (χ4v) is 2.37. The first-order valence-corrected chi connectivity index (χ1v) is 5.62. The molecule has 1 aromatic rings. The predicted molar refractivity (Wildman–Crippen MR) is 59.1 cm³/mol. The summed E-state index contributed by atoms with van der Waals surface area (Å²) >= 11 is 0. The van der Waals surface area contributed by atoms with Gasteiger partial charge in [0, 0.05) is 6.04 Å². The van der Waals surface area contributed by atoms with Crippen molar-refractivity contribution in [3.05, 3.63) is 35.9 Å². The third-order valence-electron chi connectivity index (χ3n) is 3.08. The molecule has 1 aliphatic rings. The lowest BCUT2D eigenvalue weighted by Gasteiger charge is -2.26. The molecule has 0 amide bonds. The first-order valence-electron chi connectivity index (χ1n) is 5.62. The predicted octanol–water partition coefficient (Wildman–Crippen LogP) is 3.03. The topological polar surface area (TPSA) is 3.24 Å². The Kier molecular flexibility index (Phi) is 3.20. The van der Waals surface area contributed by atoms with E-state index in [4.69, 9.17) is 0 Å². The van der Waals surface area contributed by atoms with Crippen LogP contribution in [0.5, 0.6) is 0 Å². The van der Waals surface area contributed by atoms with Gasteiger partial charge < -0.3 is 0 Å². The average Bonchev–Trinajstić information content (AvgIpc) is 2.74. The molecule has 14 heavy (non-hydrogen) atoms. The molecule has 1 unspecified atom stereocenters. The molecular formula is C13H18N. The molecule has 2 rings (SSSR count). The molecule has 0 N–H and O–H groups in total. The molecule has 1 aliphatic heterocycles. The molecule has 1 aromatic carbocycles. The van der Waals surface area contributed by atoms with Crippen LogP contribution in [0.3, 0.4) is 0 Å². The van der Waals surface area contributed by atoms with E-state index in [1.165, 1.54) is 37.9 Å². The van der Waals surface area contributed by atoms with Crippen LogP contribution < -0.4 is 0 Å². The maximum absolute atomic E-state index is 3.17. The Labute approximate surface area is 86.7 Å². The zero-order valence-electron chi connectivity index (χ0n) is 8.87. The normalized spacial score (nSPS) is 19.8. The minimum Gasteiger partial charge on any atom is -0.296 e. The largest absolute Gasteiger partial charge is 0.296 e. The van der Waals surface area contributed by atoms with Crippen LogP contribution in [0.25, 0.3) is 0 Å². The van der Waals surface area contributed by atoms with Crippen LogP contribution in [-0.4, -0.2) is 18.0 Å². The van der Waals surface area contributed by atoms with Crippen LogP contribution in [-0.2, 0) is 0 Å². The van der Waals surface area contributed by atoms with E-state index in [9.17, 15) is 0 Å². The van der Waals surface area contributed by atoms with E-state index in [1.54, 1.807) is 0 Å². The fourth-order valence-electron chi connectivity index (χ4n) is 2.37. The second-order valence-corrected chi connectivity index (χ2v) is 4.00. The average molecular weight is 188 g/mol. The van der Waals surface area contributed by atoms with E-state index in [1.807, 2.05) is 6.07 Å². The lowest BCUT2D eigenvalue weighted by Crippen LogP contribution is -2.24. The first kappa shape index (κ1) is 9.72. The van der Waals surface area contributed by atoms with E-state index in [0.29, 0.717) is 6.04 Å². The van der Waals surface area contributed by atoms with Crippen molar-refractivity contribution >= 4 is 0 Å². The molecule has 75 valence electrons. The molecule has 0 saturated carbocycles. The monoisotopic (exact) mass is 188 g/mol. The highest BCUT2D eigenvalue weighted by molar-refractivity contribution is 5.18. The second-order valence-electron chi connectivity index (χ2n) is 4.00. The van der Waals surface area contributed by atoms with Crippen molar-refractivity contribution in [1.82, 2.24) is 4.90 Å². The summed E-state index contributed by atoms with van der Waals surface area (Å²) < 4.78 is 0. The highest BCUT2D eigenvalue weighted by Crippen LogP contribution is 2.27. The quantitative estimate of drug-likeness (QED) is 0.704. The van der Waals surface area contributed by atoms with Crippen molar-refractivity contribution in [3.63, 3.8) is 0 Å². The summed E-state index contributed by atoms with van der Waals surface area (Å²) in [6, 6.07) is 12.2. The second kappa shape index (κ2) is 4.61. The summed E-state index contributed by atoms with van der Waals surface area (Å²) in [6.07, 6.45) is 3.94. The van der Waals surface area contributed by atoms with Crippen LogP contribution in [0.2, 0.25) is 0 Å². The van der Waals surface area contributed by atoms with Crippen molar-refractivity contribution in [3.8, 4) is 0 Å². The zero-order chi connectivity index (χ0) is 9.80. The van der Waals surface area contributed by atoms with Gasteiger partial charge in [-0.3, -0.25) is 4.90 Å². The molecule has 1 saturated heterocycles. The van der Waals surface area contributed by atoms with E-state index in [-0.39, 0.29) is 0 Å². The van der Waals surface area contributed by atoms with Gasteiger partial charge in [0.05, 0.1) is 0 Å². The number of hydrogen-bond donors (Lipinski definition) is 0. The first-order chi connectivity index (χ1) is 6.92. The Morgan fingerprint density at radius 3 is 2.79 bits per heavy atom. The molecular weight excluding hydrogens is 170 g/mol. The van der Waals surface area contributed by atoms with Crippen molar-refractivity contribution in [2.45, 2.75) is 32.2 Å². The number of benzene rings is 1. The molecule has 1 nitrogen and oxygen atoms in total. The molecule has 1 fully saturated rings. The van der Waals surface area contributed by atoms with Gasteiger partial charge in [0.2, 0.25) is 0 Å². The number of nitrogens with zero attached hydrogens (tertiary/aromatic N) is 1. The Balaban J connectivity index is 2.12. The minimum absolute atomic E-state index is 0.620. The Bertz CT molecular complexity index is 262. The van der Waals surface area contributed by atoms with Crippen molar-refractivity contribution < 1.29 is 0 Å². The Morgan fingerprint density at radius 1 is 1.43 bits per heavy atom. The maximum atomic E-state index is 3.17. The summed E-state index contributed by atoms with van der Waals surface area (Å²) in [4.78, 5) is 2.60. The molecule has 0 aromatic heterocycles. The van der Waals surface area contributed by atoms with Gasteiger partial charge in [-0.25, -0.2) is 0 Å². The SMILES string of the molecule is CCC(c1c[c]ccc1)N1CCCC1. The Hall–Kier alpha value is -0.820. The van der Waals surface area contributed by atoms with Crippen LogP contribution in [0.15, 0.2) is 24.3 Å². The van der Waals surface area contributed by atoms with E-state index in [2.05, 4.69) is 36.1 Å². The van der Waals surface area contributed by atoms with Gasteiger partial charge in [-0.15, -0.1) is 0 Å². The van der Waals surface area contributed by atoms with Crippen LogP contribution in [0, 0.1) is 6.07 Å². The van der Waals surface area contributed by atoms with Gasteiger partial charge in [0.1, 0.15) is 0 Å². The maximum Gasteiger partial charge on any atom is 0.0345 e. The zero-order valence-corrected chi connectivity index (χ0v) is 8.87. The van der Waals surface area contributed by atoms with E-state index in [0.717, 1.165) is 0 Å². The van der Waals surface area contributed by atoms with E-state index >= 15 is 0 Å². The molecule has 0 spiro atoms. The van der Waals surface area contributed by atoms with Crippen LogP contribution in [0.4, 0.5) is 0 Å². The van der Waals surface area contributed by atoms with Crippen molar-refractivity contribution in [2.24, 2.45) is 0 Å². The fraction of sp³-hybridized carbons (Fsp3) is 0.538. The van der Waals surface area contributed by atoms with Gasteiger partial charge in [0.25, 0.3) is 0 Å². The van der Waals surface area contributed by atoms with Crippen LogP contribution in [0.1, 0.15) is 37.8 Å². The van der Waals surface area contributed by atoms with Gasteiger partial charge in [0.15, 0.2) is 0 Å². The summed E-state index contributed by atoms with van der Waals surface area (Å²) in [5.74, 6) is 0. The van der Waals surface area contributed by atoms with Gasteiger partial charge in [-0.1, -0.05) is 25.1 Å². The van der Waals surface area contributed by atoms with Gasteiger partial charge in [-0.2, -0.15) is 0 Å². The van der Waals surface area contributed by atoms with E-state index < -0.39 is 0 Å². The molecule has 1 heteroatoms. The van der Waals surface area contributed by atoms with Gasteiger partial charge in [-0.05, 0) is 50.0 Å². The molecule has 1 radical (unpaired) electrons. The minimum atomic E-state index is 0.620. The third kappa shape index (κ3) is 1.98. The molecule has 0 bridgehead atoms. The molecule has 1 atom stereocenters. The third-order valence-corrected chi connectivity index (χ3v) is 3.08. The molecule has 1 heterocycles. The van der Waals surface area contributed by atoms with Gasteiger partial charge >= 0.3 is 0 Å². The smallest absolute Gasteiger partial charge is 0.0345 e. The summed E-state index contributed by atoms with van der Waals surface area (Å²) in [5.41, 5.74) is 1.43. The highest BCUT2D eigenvalue weighted by atomic mass is 15.2. The summed E-state index contributed by atoms with van der Waals surface area (Å²) in [6.45, 7) is 4.82. The summed E-state index contributed by atoms with van der Waals surface area (Å²) in [5, 5.41) is 0. The number of hydrogen-bond acceptors (Lipinski definition) is 1. The lowest BCUT2D eigenvalue weighted by molar-refractivity contribution is 0.239. The number of likely N-dealkylation sites (tertiary alicyclic amines) is 1. The molecule has 0 aliphatic carbocycles. The lowest BCUT2D eigenvalue weighted by atomic mass is 10.0. The van der Waals surface area contributed by atoms with Crippen LogP contribution >= 0.6 is 0 Å². The Morgan fingerprint density at radius 2 is 2.21 bits per heavy atom. The van der Waals surface area contributed by atoms with Crippen molar-refractivity contribution in [1.29, 1.82) is 0 Å². The standard InChI is InChI=1S/C13H18N/c1-2-13(14-10-6-7-11-14)12-8-4-3-5-9-12/h3-4,8-9,13H,2,6-7,10-11H2,1H3. The highest BCUT2D eigenvalue weighted by Gasteiger charge is 2.21.